The average Bonchev–Trinajstić information content (AvgIpc) is 3.06. The summed E-state index contributed by atoms with van der Waals surface area (Å²) in [6, 6.07) is 23.3. The minimum Gasteiger partial charge on any atom is -0.264 e. The second-order valence-electron chi connectivity index (χ2n) is 8.30. The summed E-state index contributed by atoms with van der Waals surface area (Å²) in [5.41, 5.74) is 2.71. The fourth-order valence-corrected chi connectivity index (χ4v) is 3.66. The Morgan fingerprint density at radius 1 is 0.300 bits per heavy atom. The fourth-order valence-electron chi connectivity index (χ4n) is 3.66. The van der Waals surface area contributed by atoms with Crippen molar-refractivity contribution in [3.05, 3.63) is 147 Å². The highest BCUT2D eigenvalue weighted by molar-refractivity contribution is 5.80. The van der Waals surface area contributed by atoms with E-state index >= 15 is 0 Å². The van der Waals surface area contributed by atoms with Crippen molar-refractivity contribution < 1.29 is 0 Å². The van der Waals surface area contributed by atoms with E-state index in [2.05, 4.69) is 39.9 Å². The Morgan fingerprint density at radius 2 is 0.700 bits per heavy atom. The smallest absolute Gasteiger partial charge is 0.159 e. The van der Waals surface area contributed by atoms with Crippen LogP contribution in [0.5, 0.6) is 0 Å². The molecule has 0 N–H and O–H groups in total. The quantitative estimate of drug-likeness (QED) is 0.223. The summed E-state index contributed by atoms with van der Waals surface area (Å²) < 4.78 is 0. The number of fused-ring (bicyclic) bond motifs is 4. The summed E-state index contributed by atoms with van der Waals surface area (Å²) in [4.78, 5) is 32.3. The lowest BCUT2D eigenvalue weighted by atomic mass is 10.2. The van der Waals surface area contributed by atoms with Crippen LogP contribution in [0.25, 0.3) is 43.6 Å². The number of aromatic nitrogens is 8. The number of hydrogen-bond donors (Lipinski definition) is 0. The maximum atomic E-state index is 4.12. The van der Waals surface area contributed by atoms with E-state index in [4.69, 9.17) is 0 Å². The first kappa shape index (κ1) is 25.9. The van der Waals surface area contributed by atoms with Gasteiger partial charge in [-0.1, -0.05) is 0 Å². The molecule has 8 heteroatoms. The number of pyridine rings is 8. The third-order valence-electron chi connectivity index (χ3n) is 5.63. The SMILES string of the molecule is c1cc2ccncc2cn1.c1cc2cnccc2cn1.c1cnc2cccnc2c1.c1cnc2ncccc2c1. The monoisotopic (exact) mass is 520 g/mol. The van der Waals surface area contributed by atoms with Gasteiger partial charge in [-0.05, 0) is 78.2 Å². The van der Waals surface area contributed by atoms with Crippen LogP contribution in [0.15, 0.2) is 147 Å². The van der Waals surface area contributed by atoms with Gasteiger partial charge in [-0.2, -0.15) is 0 Å². The lowest BCUT2D eigenvalue weighted by Gasteiger charge is -1.91. The standard InChI is InChI=1S/4C8H6N2/c1-3-9-6-8-2-4-10-5-7(1)8;1-3-9-5-8-6-10-4-2-7(1)8;1-3-7-8(9-5-1)4-2-6-10-7;1-3-7-4-2-6-10-8(7)9-5-1/h4*1-6H. The first-order valence-electron chi connectivity index (χ1n) is 12.5. The largest absolute Gasteiger partial charge is 0.264 e. The normalized spacial score (nSPS) is 10.0. The molecule has 0 amide bonds. The number of nitrogens with zero attached hydrogens (tertiary/aromatic N) is 8. The molecule has 0 fully saturated rings. The van der Waals surface area contributed by atoms with Gasteiger partial charge in [-0.15, -0.1) is 0 Å². The average molecular weight is 521 g/mol. The van der Waals surface area contributed by atoms with Crippen molar-refractivity contribution in [1.29, 1.82) is 0 Å². The van der Waals surface area contributed by atoms with E-state index in [0.29, 0.717) is 0 Å². The molecule has 0 bridgehead atoms. The van der Waals surface area contributed by atoms with Crippen LogP contribution in [0.3, 0.4) is 0 Å². The summed E-state index contributed by atoms with van der Waals surface area (Å²) in [7, 11) is 0. The molecule has 0 saturated carbocycles. The van der Waals surface area contributed by atoms with E-state index in [1.165, 1.54) is 5.39 Å². The second kappa shape index (κ2) is 13.7. The molecule has 0 spiro atoms. The maximum Gasteiger partial charge on any atom is 0.159 e. The van der Waals surface area contributed by atoms with Crippen molar-refractivity contribution >= 4 is 43.6 Å². The Balaban J connectivity index is 0.000000108. The van der Waals surface area contributed by atoms with Gasteiger partial charge in [0.2, 0.25) is 0 Å². The van der Waals surface area contributed by atoms with E-state index in [1.807, 2.05) is 97.6 Å². The second-order valence-corrected chi connectivity index (χ2v) is 8.30. The molecule has 0 aliphatic rings. The molecule has 0 atom stereocenters. The van der Waals surface area contributed by atoms with E-state index < -0.39 is 0 Å². The highest BCUT2D eigenvalue weighted by Crippen LogP contribution is 2.09. The molecule has 8 aromatic rings. The van der Waals surface area contributed by atoms with Gasteiger partial charge in [-0.25, -0.2) is 9.97 Å². The zero-order valence-electron chi connectivity index (χ0n) is 21.4. The molecule has 8 nitrogen and oxygen atoms in total. The predicted octanol–water partition coefficient (Wildman–Crippen LogP) is 6.52. The van der Waals surface area contributed by atoms with Crippen molar-refractivity contribution in [2.24, 2.45) is 0 Å². The molecule has 8 rings (SSSR count). The van der Waals surface area contributed by atoms with Gasteiger partial charge in [0.1, 0.15) is 0 Å². The fraction of sp³-hybridized carbons (Fsp3) is 0. The highest BCUT2D eigenvalue weighted by atomic mass is 14.8. The van der Waals surface area contributed by atoms with Crippen LogP contribution >= 0.6 is 0 Å². The molecule has 0 unspecified atom stereocenters. The molecule has 0 aromatic carbocycles. The van der Waals surface area contributed by atoms with Crippen LogP contribution < -0.4 is 0 Å². The minimum absolute atomic E-state index is 0.810. The third kappa shape index (κ3) is 7.17. The molecular formula is C32H24N8. The lowest BCUT2D eigenvalue weighted by Crippen LogP contribution is -1.78. The molecule has 0 aliphatic heterocycles. The Bertz CT molecular complexity index is 1400. The Morgan fingerprint density at radius 3 is 1.15 bits per heavy atom. The van der Waals surface area contributed by atoms with Crippen molar-refractivity contribution in [2.45, 2.75) is 0 Å². The predicted molar refractivity (Wildman–Crippen MR) is 158 cm³/mol. The van der Waals surface area contributed by atoms with Crippen molar-refractivity contribution in [1.82, 2.24) is 39.9 Å². The zero-order chi connectivity index (χ0) is 27.2. The third-order valence-corrected chi connectivity index (χ3v) is 5.63. The molecular weight excluding hydrogens is 496 g/mol. The van der Waals surface area contributed by atoms with E-state index in [1.54, 1.807) is 49.6 Å². The Hall–Kier alpha value is -5.76. The Kier molecular flexibility index (Phi) is 8.85. The van der Waals surface area contributed by atoms with Crippen molar-refractivity contribution in [3.63, 3.8) is 0 Å². The number of hydrogen-bond acceptors (Lipinski definition) is 8. The minimum atomic E-state index is 0.810. The molecule has 8 aromatic heterocycles. The topological polar surface area (TPSA) is 103 Å². The summed E-state index contributed by atoms with van der Waals surface area (Å²) in [5, 5.41) is 5.63. The van der Waals surface area contributed by atoms with Crippen LogP contribution in [0.1, 0.15) is 0 Å². The van der Waals surface area contributed by atoms with E-state index in [-0.39, 0.29) is 0 Å². The van der Waals surface area contributed by atoms with Crippen LogP contribution in [0, 0.1) is 0 Å². The van der Waals surface area contributed by atoms with Crippen molar-refractivity contribution in [2.75, 3.05) is 0 Å². The highest BCUT2D eigenvalue weighted by Gasteiger charge is 1.90. The summed E-state index contributed by atoms with van der Waals surface area (Å²) in [6.45, 7) is 0. The zero-order valence-corrected chi connectivity index (χ0v) is 21.4. The van der Waals surface area contributed by atoms with Crippen LogP contribution in [0.4, 0.5) is 0 Å². The van der Waals surface area contributed by atoms with Crippen LogP contribution in [0.2, 0.25) is 0 Å². The molecule has 8 heterocycles. The summed E-state index contributed by atoms with van der Waals surface area (Å²) >= 11 is 0. The van der Waals surface area contributed by atoms with Gasteiger partial charge >= 0.3 is 0 Å². The van der Waals surface area contributed by atoms with Gasteiger partial charge in [0.05, 0.1) is 11.0 Å². The molecule has 0 radical (unpaired) electrons. The molecule has 192 valence electrons. The van der Waals surface area contributed by atoms with Gasteiger partial charge in [0.15, 0.2) is 5.65 Å². The number of rotatable bonds is 0. The van der Waals surface area contributed by atoms with Gasteiger partial charge in [0, 0.05) is 95.9 Å². The molecule has 40 heavy (non-hydrogen) atoms. The lowest BCUT2D eigenvalue weighted by molar-refractivity contribution is 1.29. The van der Waals surface area contributed by atoms with Crippen LogP contribution in [-0.4, -0.2) is 39.9 Å². The molecule has 0 aliphatic carbocycles. The molecule has 0 saturated heterocycles. The van der Waals surface area contributed by atoms with E-state index in [0.717, 1.165) is 38.2 Å². The van der Waals surface area contributed by atoms with E-state index in [9.17, 15) is 0 Å². The van der Waals surface area contributed by atoms with Gasteiger partial charge < -0.3 is 0 Å². The Labute approximate surface area is 230 Å². The van der Waals surface area contributed by atoms with Gasteiger partial charge in [-0.3, -0.25) is 29.9 Å². The first-order valence-corrected chi connectivity index (χ1v) is 12.5. The summed E-state index contributed by atoms with van der Waals surface area (Å²) in [5.74, 6) is 0. The van der Waals surface area contributed by atoms with Crippen LogP contribution in [-0.2, 0) is 0 Å². The first-order chi connectivity index (χ1) is 19.9. The maximum absolute atomic E-state index is 4.12. The summed E-state index contributed by atoms with van der Waals surface area (Å²) in [6.07, 6.45) is 21.4. The van der Waals surface area contributed by atoms with Crippen molar-refractivity contribution in [3.8, 4) is 0 Å². The van der Waals surface area contributed by atoms with Gasteiger partial charge in [0.25, 0.3) is 0 Å².